The number of rotatable bonds is 4. The van der Waals surface area contributed by atoms with Gasteiger partial charge in [-0.15, -0.1) is 0 Å². The van der Waals surface area contributed by atoms with E-state index in [-0.39, 0.29) is 17.2 Å². The van der Waals surface area contributed by atoms with Crippen LogP contribution in [0.1, 0.15) is 57.0 Å². The highest BCUT2D eigenvalue weighted by molar-refractivity contribution is 5.92. The Morgan fingerprint density at radius 2 is 2.05 bits per heavy atom. The second-order valence-corrected chi connectivity index (χ2v) is 5.66. The van der Waals surface area contributed by atoms with Gasteiger partial charge in [0.15, 0.2) is 0 Å². The number of hydrogen-bond donors (Lipinski definition) is 0. The Labute approximate surface area is 120 Å². The van der Waals surface area contributed by atoms with Crippen LogP contribution in [-0.2, 0) is 4.74 Å². The molecule has 1 unspecified atom stereocenters. The molecule has 0 saturated heterocycles. The first-order valence-electron chi connectivity index (χ1n) is 6.71. The van der Waals surface area contributed by atoms with Crippen molar-refractivity contribution in [3.05, 3.63) is 29.3 Å². The fraction of sp³-hybridized carbons (Fsp3) is 0.500. The maximum absolute atomic E-state index is 12.0. The second kappa shape index (κ2) is 6.42. The van der Waals surface area contributed by atoms with Crippen molar-refractivity contribution in [2.75, 3.05) is 0 Å². The number of esters is 1. The molecule has 1 aromatic carbocycles. The first kappa shape index (κ1) is 16.0. The molecule has 1 aromatic rings. The molecule has 0 bridgehead atoms. The maximum Gasteiger partial charge on any atom is 0.340 e. The van der Waals surface area contributed by atoms with Crippen LogP contribution >= 0.6 is 0 Å². The van der Waals surface area contributed by atoms with Gasteiger partial charge in [-0.1, -0.05) is 6.92 Å². The number of nitrogens with zero attached hydrogens (tertiary/aromatic N) is 1. The van der Waals surface area contributed by atoms with E-state index in [1.807, 2.05) is 19.9 Å². The molecule has 0 radical (unpaired) electrons. The molecular formula is C16H21NO3. The van der Waals surface area contributed by atoms with E-state index in [2.05, 4.69) is 0 Å². The smallest absolute Gasteiger partial charge is 0.340 e. The van der Waals surface area contributed by atoms with E-state index in [4.69, 9.17) is 14.7 Å². The van der Waals surface area contributed by atoms with Gasteiger partial charge in [0.2, 0.25) is 0 Å². The maximum atomic E-state index is 12.0. The molecule has 20 heavy (non-hydrogen) atoms. The van der Waals surface area contributed by atoms with Crippen LogP contribution in [0.2, 0.25) is 0 Å². The summed E-state index contributed by atoms with van der Waals surface area (Å²) < 4.78 is 10.9. The molecule has 0 amide bonds. The highest BCUT2D eigenvalue weighted by Gasteiger charge is 2.21. The number of benzene rings is 1. The van der Waals surface area contributed by atoms with Gasteiger partial charge >= 0.3 is 5.97 Å². The summed E-state index contributed by atoms with van der Waals surface area (Å²) in [6.45, 7) is 9.34. The normalized spacial score (nSPS) is 12.4. The lowest BCUT2D eigenvalue weighted by Gasteiger charge is -2.20. The van der Waals surface area contributed by atoms with Crippen molar-refractivity contribution in [3.8, 4) is 11.8 Å². The largest absolute Gasteiger partial charge is 0.491 e. The molecule has 0 aromatic heterocycles. The van der Waals surface area contributed by atoms with Gasteiger partial charge in [0.1, 0.15) is 17.4 Å². The van der Waals surface area contributed by atoms with Gasteiger partial charge in [0.25, 0.3) is 0 Å². The summed E-state index contributed by atoms with van der Waals surface area (Å²) in [5.74, 6) is 0.0901. The lowest BCUT2D eigenvalue weighted by molar-refractivity contribution is 0.00692. The van der Waals surface area contributed by atoms with E-state index in [1.54, 1.807) is 39.0 Å². The van der Waals surface area contributed by atoms with Gasteiger partial charge < -0.3 is 9.47 Å². The van der Waals surface area contributed by atoms with E-state index in [0.717, 1.165) is 6.42 Å². The second-order valence-electron chi connectivity index (χ2n) is 5.66. The minimum absolute atomic E-state index is 0.0638. The molecule has 0 aliphatic rings. The molecule has 0 N–H and O–H groups in total. The van der Waals surface area contributed by atoms with Gasteiger partial charge in [0, 0.05) is 0 Å². The third-order valence-corrected chi connectivity index (χ3v) is 2.64. The molecule has 0 heterocycles. The zero-order valence-electron chi connectivity index (χ0n) is 12.7. The first-order valence-corrected chi connectivity index (χ1v) is 6.71. The van der Waals surface area contributed by atoms with Crippen molar-refractivity contribution < 1.29 is 14.3 Å². The topological polar surface area (TPSA) is 59.3 Å². The number of carbonyl (C=O) groups excluding carboxylic acids is 1. The van der Waals surface area contributed by atoms with E-state index >= 15 is 0 Å². The van der Waals surface area contributed by atoms with Crippen molar-refractivity contribution in [1.82, 2.24) is 0 Å². The van der Waals surface area contributed by atoms with E-state index < -0.39 is 11.6 Å². The molecule has 4 nitrogen and oxygen atoms in total. The zero-order chi connectivity index (χ0) is 15.3. The summed E-state index contributed by atoms with van der Waals surface area (Å²) in [5.41, 5.74) is -0.0608. The minimum Gasteiger partial charge on any atom is -0.491 e. The van der Waals surface area contributed by atoms with Crippen molar-refractivity contribution in [2.45, 2.75) is 52.7 Å². The minimum atomic E-state index is -0.588. The molecule has 0 aliphatic heterocycles. The van der Waals surface area contributed by atoms with Gasteiger partial charge in [-0.3, -0.25) is 0 Å². The number of carbonyl (C=O) groups is 1. The summed E-state index contributed by atoms with van der Waals surface area (Å²) in [6.07, 6.45) is 0.935. The van der Waals surface area contributed by atoms with Crippen LogP contribution in [0.3, 0.4) is 0 Å². The quantitative estimate of drug-likeness (QED) is 0.786. The summed E-state index contributed by atoms with van der Waals surface area (Å²) >= 11 is 0. The molecule has 4 heteroatoms. The van der Waals surface area contributed by atoms with Gasteiger partial charge in [-0.2, -0.15) is 5.26 Å². The van der Waals surface area contributed by atoms with E-state index in [0.29, 0.717) is 5.75 Å². The first-order chi connectivity index (χ1) is 9.26. The van der Waals surface area contributed by atoms with Crippen LogP contribution < -0.4 is 4.74 Å². The predicted molar refractivity (Wildman–Crippen MR) is 76.7 cm³/mol. The van der Waals surface area contributed by atoms with E-state index in [9.17, 15) is 4.79 Å². The Hall–Kier alpha value is -2.02. The molecule has 0 fully saturated rings. The Morgan fingerprint density at radius 3 is 2.55 bits per heavy atom. The van der Waals surface area contributed by atoms with Gasteiger partial charge in [-0.25, -0.2) is 4.79 Å². The van der Waals surface area contributed by atoms with Crippen LogP contribution in [0.15, 0.2) is 18.2 Å². The third kappa shape index (κ3) is 4.58. The fourth-order valence-electron chi connectivity index (χ4n) is 1.52. The molecule has 0 saturated carbocycles. The Bertz CT molecular complexity index is 524. The van der Waals surface area contributed by atoms with Crippen LogP contribution in [0, 0.1) is 11.3 Å². The van der Waals surface area contributed by atoms with Crippen LogP contribution in [0.25, 0.3) is 0 Å². The van der Waals surface area contributed by atoms with Gasteiger partial charge in [-0.05, 0) is 52.3 Å². The van der Waals surface area contributed by atoms with Crippen molar-refractivity contribution >= 4 is 5.97 Å². The lowest BCUT2D eigenvalue weighted by atomic mass is 10.1. The van der Waals surface area contributed by atoms with Crippen molar-refractivity contribution in [3.63, 3.8) is 0 Å². The standard InChI is InChI=1S/C16H21NO3/c1-6-11(2)19-13-7-8-14(12(9-13)10-17)15(18)20-16(3,4)5/h7-9,11H,6H2,1-5H3. The molecule has 1 rings (SSSR count). The molecule has 0 aliphatic carbocycles. The number of ether oxygens (including phenoxy) is 2. The van der Waals surface area contributed by atoms with Crippen molar-refractivity contribution in [1.29, 1.82) is 5.26 Å². The van der Waals surface area contributed by atoms with Gasteiger partial charge in [0.05, 0.1) is 17.2 Å². The molecule has 1 atom stereocenters. The Kier molecular flexibility index (Phi) is 5.15. The predicted octanol–water partition coefficient (Wildman–Crippen LogP) is 3.69. The lowest BCUT2D eigenvalue weighted by Crippen LogP contribution is -2.24. The Morgan fingerprint density at radius 1 is 1.40 bits per heavy atom. The molecule has 0 spiro atoms. The van der Waals surface area contributed by atoms with Crippen LogP contribution in [-0.4, -0.2) is 17.7 Å². The fourth-order valence-corrected chi connectivity index (χ4v) is 1.52. The van der Waals surface area contributed by atoms with Crippen molar-refractivity contribution in [2.24, 2.45) is 0 Å². The highest BCUT2D eigenvalue weighted by Crippen LogP contribution is 2.21. The average Bonchev–Trinajstić information content (AvgIpc) is 2.36. The Balaban J connectivity index is 3.00. The molecular weight excluding hydrogens is 254 g/mol. The van der Waals surface area contributed by atoms with E-state index in [1.165, 1.54) is 0 Å². The van der Waals surface area contributed by atoms with Crippen LogP contribution in [0.4, 0.5) is 0 Å². The number of nitriles is 1. The summed E-state index contributed by atoms with van der Waals surface area (Å²) in [4.78, 5) is 12.0. The summed E-state index contributed by atoms with van der Waals surface area (Å²) in [7, 11) is 0. The number of hydrogen-bond acceptors (Lipinski definition) is 4. The highest BCUT2D eigenvalue weighted by atomic mass is 16.6. The molecule has 108 valence electrons. The SMILES string of the molecule is CCC(C)Oc1ccc(C(=O)OC(C)(C)C)c(C#N)c1. The summed E-state index contributed by atoms with van der Waals surface area (Å²) in [5, 5.41) is 9.17. The van der Waals surface area contributed by atoms with Crippen LogP contribution in [0.5, 0.6) is 5.75 Å². The zero-order valence-corrected chi connectivity index (χ0v) is 12.7. The average molecular weight is 275 g/mol. The summed E-state index contributed by atoms with van der Waals surface area (Å²) in [6, 6.07) is 6.85. The monoisotopic (exact) mass is 275 g/mol. The third-order valence-electron chi connectivity index (χ3n) is 2.64.